The molecule has 6 nitrogen and oxygen atoms in total. The first-order chi connectivity index (χ1) is 23.8. The van der Waals surface area contributed by atoms with E-state index in [1.807, 2.05) is 104 Å². The maximum absolute atomic E-state index is 13.7. The molecule has 3 N–H and O–H groups in total. The summed E-state index contributed by atoms with van der Waals surface area (Å²) >= 11 is 7.60. The highest BCUT2D eigenvalue weighted by Gasteiger charge is 2.23. The van der Waals surface area contributed by atoms with E-state index in [1.165, 1.54) is 11.8 Å². The molecule has 242 valence electrons. The van der Waals surface area contributed by atoms with Gasteiger partial charge in [0, 0.05) is 26.9 Å². The van der Waals surface area contributed by atoms with Crippen molar-refractivity contribution >= 4 is 69.3 Å². The van der Waals surface area contributed by atoms with Crippen LogP contribution in [-0.4, -0.2) is 17.7 Å². The van der Waals surface area contributed by atoms with Gasteiger partial charge >= 0.3 is 0 Å². The topological polar surface area (TPSA) is 87.3 Å². The minimum absolute atomic E-state index is 0.0979. The van der Waals surface area contributed by atoms with Crippen LogP contribution in [0.3, 0.4) is 0 Å². The summed E-state index contributed by atoms with van der Waals surface area (Å²) in [6.07, 6.45) is 1.69. The van der Waals surface area contributed by atoms with Gasteiger partial charge in [0.1, 0.15) is 10.9 Å². The summed E-state index contributed by atoms with van der Waals surface area (Å²) in [6, 6.07) is 44.6. The summed E-state index contributed by atoms with van der Waals surface area (Å²) in [5, 5.41) is 10.7. The zero-order valence-corrected chi connectivity index (χ0v) is 28.1. The zero-order chi connectivity index (χ0) is 34.2. The molecule has 6 rings (SSSR count). The molecule has 8 heteroatoms. The van der Waals surface area contributed by atoms with Crippen molar-refractivity contribution in [2.75, 3.05) is 10.6 Å². The Morgan fingerprint density at radius 2 is 1.39 bits per heavy atom. The van der Waals surface area contributed by atoms with E-state index in [9.17, 15) is 14.4 Å². The predicted octanol–water partition coefficient (Wildman–Crippen LogP) is 9.68. The average Bonchev–Trinajstić information content (AvgIpc) is 3.13. The lowest BCUT2D eigenvalue weighted by molar-refractivity contribution is -0.116. The van der Waals surface area contributed by atoms with Crippen molar-refractivity contribution in [3.05, 3.63) is 179 Å². The van der Waals surface area contributed by atoms with Gasteiger partial charge in [0.25, 0.3) is 11.8 Å². The fourth-order valence-corrected chi connectivity index (χ4v) is 6.45. The molecule has 49 heavy (non-hydrogen) atoms. The number of carbonyl (C=O) groups excluding carboxylic acids is 3. The number of carbonyl (C=O) groups is 3. The second-order valence-electron chi connectivity index (χ2n) is 11.3. The number of fused-ring (bicyclic) bond motifs is 1. The molecule has 0 saturated heterocycles. The Morgan fingerprint density at radius 3 is 2.14 bits per heavy atom. The Morgan fingerprint density at radius 1 is 0.714 bits per heavy atom. The monoisotopic (exact) mass is 681 g/mol. The molecule has 6 aromatic rings. The SMILES string of the molecule is Cc1ccc(Cl)cc1NC(=O)C(Sc1ccc(NC(=O)/C(=C/c2cccc3ccccc23)NC(=O)c2ccccc2)cc1)c1ccccc1. The van der Waals surface area contributed by atoms with Crippen LogP contribution in [0.4, 0.5) is 11.4 Å². The standard InChI is InChI=1S/C41H32ClN3O3S/c1-27-19-20-32(42)26-36(27)44-41(48)38(29-12-4-2-5-13-29)49-34-23-21-33(22-24-34)43-40(47)37(45-39(46)30-14-6-3-7-15-30)25-31-17-10-16-28-11-8-9-18-35(28)31/h2-26,38H,1H3,(H,43,47)(H,44,48)(H,45,46)/b37-25-. The van der Waals surface area contributed by atoms with Gasteiger partial charge in [0.15, 0.2) is 0 Å². The van der Waals surface area contributed by atoms with Crippen molar-refractivity contribution in [1.29, 1.82) is 0 Å². The maximum Gasteiger partial charge on any atom is 0.272 e. The van der Waals surface area contributed by atoms with Crippen LogP contribution >= 0.6 is 23.4 Å². The highest BCUT2D eigenvalue weighted by molar-refractivity contribution is 8.00. The molecule has 6 aromatic carbocycles. The smallest absolute Gasteiger partial charge is 0.272 e. The van der Waals surface area contributed by atoms with Crippen molar-refractivity contribution < 1.29 is 14.4 Å². The molecule has 0 spiro atoms. The van der Waals surface area contributed by atoms with E-state index >= 15 is 0 Å². The third kappa shape index (κ3) is 8.46. The first-order valence-electron chi connectivity index (χ1n) is 15.6. The molecule has 0 fully saturated rings. The molecule has 0 aliphatic carbocycles. The highest BCUT2D eigenvalue weighted by Crippen LogP contribution is 2.37. The van der Waals surface area contributed by atoms with Gasteiger partial charge in [-0.25, -0.2) is 0 Å². The van der Waals surface area contributed by atoms with E-state index in [0.29, 0.717) is 22.0 Å². The number of rotatable bonds is 10. The Hall–Kier alpha value is -5.63. The molecular weight excluding hydrogens is 650 g/mol. The summed E-state index contributed by atoms with van der Waals surface area (Å²) in [5.41, 5.74) is 4.26. The fourth-order valence-electron chi connectivity index (χ4n) is 5.25. The average molecular weight is 682 g/mol. The van der Waals surface area contributed by atoms with Gasteiger partial charge in [-0.1, -0.05) is 109 Å². The van der Waals surface area contributed by atoms with Crippen molar-refractivity contribution in [2.24, 2.45) is 0 Å². The molecule has 1 atom stereocenters. The van der Waals surface area contributed by atoms with Crippen LogP contribution in [0.25, 0.3) is 16.8 Å². The molecule has 0 aromatic heterocycles. The van der Waals surface area contributed by atoms with E-state index in [2.05, 4.69) is 16.0 Å². The Balaban J connectivity index is 1.23. The lowest BCUT2D eigenvalue weighted by atomic mass is 10.0. The van der Waals surface area contributed by atoms with Crippen LogP contribution in [0.1, 0.15) is 32.3 Å². The largest absolute Gasteiger partial charge is 0.325 e. The van der Waals surface area contributed by atoms with E-state index in [-0.39, 0.29) is 11.6 Å². The van der Waals surface area contributed by atoms with Gasteiger partial charge < -0.3 is 16.0 Å². The van der Waals surface area contributed by atoms with E-state index in [4.69, 9.17) is 11.6 Å². The zero-order valence-electron chi connectivity index (χ0n) is 26.5. The number of amides is 3. The molecule has 3 amide bonds. The Bertz CT molecular complexity index is 2150. The van der Waals surface area contributed by atoms with Gasteiger partial charge in [-0.3, -0.25) is 14.4 Å². The molecule has 1 unspecified atom stereocenters. The number of hydrogen-bond acceptors (Lipinski definition) is 4. The Labute approximate surface area is 294 Å². The van der Waals surface area contributed by atoms with Gasteiger partial charge in [-0.15, -0.1) is 11.8 Å². The van der Waals surface area contributed by atoms with Crippen LogP contribution in [0, 0.1) is 6.92 Å². The number of thioether (sulfide) groups is 1. The second kappa shape index (κ2) is 15.5. The van der Waals surface area contributed by atoms with E-state index in [0.717, 1.165) is 32.4 Å². The van der Waals surface area contributed by atoms with Crippen molar-refractivity contribution in [1.82, 2.24) is 5.32 Å². The van der Waals surface area contributed by atoms with E-state index in [1.54, 1.807) is 54.6 Å². The molecular formula is C41H32ClN3O3S. The van der Waals surface area contributed by atoms with Crippen LogP contribution in [0.5, 0.6) is 0 Å². The number of nitrogens with one attached hydrogen (secondary N) is 3. The van der Waals surface area contributed by atoms with Crippen molar-refractivity contribution in [2.45, 2.75) is 17.1 Å². The quantitative estimate of drug-likeness (QED) is 0.0993. The van der Waals surface area contributed by atoms with Gasteiger partial charge in [-0.05, 0) is 89.0 Å². The van der Waals surface area contributed by atoms with Crippen molar-refractivity contribution in [3.63, 3.8) is 0 Å². The molecule has 0 aliphatic rings. The minimum atomic E-state index is -0.552. The Kier molecular flexibility index (Phi) is 10.5. The summed E-state index contributed by atoms with van der Waals surface area (Å²) in [6.45, 7) is 1.92. The number of benzene rings is 6. The highest BCUT2D eigenvalue weighted by atomic mass is 35.5. The summed E-state index contributed by atoms with van der Waals surface area (Å²) < 4.78 is 0. The summed E-state index contributed by atoms with van der Waals surface area (Å²) in [7, 11) is 0. The third-order valence-electron chi connectivity index (χ3n) is 7.82. The summed E-state index contributed by atoms with van der Waals surface area (Å²) in [4.78, 5) is 41.3. The van der Waals surface area contributed by atoms with Gasteiger partial charge in [-0.2, -0.15) is 0 Å². The van der Waals surface area contributed by atoms with Crippen LogP contribution in [0.15, 0.2) is 156 Å². The van der Waals surface area contributed by atoms with Gasteiger partial charge in [0.2, 0.25) is 5.91 Å². The number of anilines is 2. The first kappa shape index (κ1) is 33.3. The van der Waals surface area contributed by atoms with Crippen molar-refractivity contribution in [3.8, 4) is 0 Å². The number of aryl methyl sites for hydroxylation is 1. The predicted molar refractivity (Wildman–Crippen MR) is 201 cm³/mol. The lowest BCUT2D eigenvalue weighted by Crippen LogP contribution is -2.30. The van der Waals surface area contributed by atoms with Crippen LogP contribution < -0.4 is 16.0 Å². The second-order valence-corrected chi connectivity index (χ2v) is 12.9. The fraction of sp³-hybridized carbons (Fsp3) is 0.0488. The third-order valence-corrected chi connectivity index (χ3v) is 9.32. The molecule has 0 saturated carbocycles. The normalized spacial score (nSPS) is 11.8. The van der Waals surface area contributed by atoms with Gasteiger partial charge in [0.05, 0.1) is 0 Å². The molecule has 0 aliphatic heterocycles. The van der Waals surface area contributed by atoms with Crippen LogP contribution in [-0.2, 0) is 9.59 Å². The van der Waals surface area contributed by atoms with Crippen LogP contribution in [0.2, 0.25) is 5.02 Å². The first-order valence-corrected chi connectivity index (χ1v) is 16.9. The molecule has 0 heterocycles. The molecule has 0 radical (unpaired) electrons. The molecule has 0 bridgehead atoms. The number of halogens is 1. The summed E-state index contributed by atoms with van der Waals surface area (Å²) in [5.74, 6) is -1.06. The van der Waals surface area contributed by atoms with E-state index < -0.39 is 17.1 Å². The minimum Gasteiger partial charge on any atom is -0.325 e. The lowest BCUT2D eigenvalue weighted by Gasteiger charge is -2.18. The number of hydrogen-bond donors (Lipinski definition) is 3. The maximum atomic E-state index is 13.7.